The van der Waals surface area contributed by atoms with Crippen LogP contribution in [-0.4, -0.2) is 15.0 Å². The summed E-state index contributed by atoms with van der Waals surface area (Å²) in [5.74, 6) is -0.462. The molecule has 0 saturated carbocycles. The number of hydrogen-bond acceptors (Lipinski definition) is 5. The molecule has 0 amide bonds. The van der Waals surface area contributed by atoms with Crippen molar-refractivity contribution in [2.75, 3.05) is 0 Å². The summed E-state index contributed by atoms with van der Waals surface area (Å²) in [6, 6.07) is 3.37. The molecule has 0 N–H and O–H groups in total. The lowest BCUT2D eigenvalue weighted by molar-refractivity contribution is -0.0502. The Labute approximate surface area is 106 Å². The van der Waals surface area contributed by atoms with Crippen molar-refractivity contribution >= 4 is 32.4 Å². The maximum atomic E-state index is 12.0. The molecule has 4 nitrogen and oxygen atoms in total. The summed E-state index contributed by atoms with van der Waals surface area (Å²) in [5, 5.41) is 8.74. The van der Waals surface area contributed by atoms with E-state index in [1.807, 2.05) is 0 Å². The summed E-state index contributed by atoms with van der Waals surface area (Å²) < 4.78 is 50.2. The fraction of sp³-hybridized carbons (Fsp3) is 0.125. The molecule has 92 valence electrons. The predicted molar refractivity (Wildman–Crippen MR) is 58.1 cm³/mol. The van der Waals surface area contributed by atoms with E-state index in [1.165, 1.54) is 6.07 Å². The smallest absolute Gasteiger partial charge is 0.387 e. The van der Waals surface area contributed by atoms with Crippen LogP contribution in [0.4, 0.5) is 8.78 Å². The average molecular weight is 300 g/mol. The van der Waals surface area contributed by atoms with Gasteiger partial charge in [0.2, 0.25) is 0 Å². The highest BCUT2D eigenvalue weighted by Gasteiger charge is 2.21. The Bertz CT molecular complexity index is 583. The van der Waals surface area contributed by atoms with Gasteiger partial charge in [0.05, 0.1) is 4.90 Å². The summed E-state index contributed by atoms with van der Waals surface area (Å²) in [6.45, 7) is -3.13. The third-order valence-corrected chi connectivity index (χ3v) is 3.67. The maximum Gasteiger partial charge on any atom is 0.387 e. The third-order valence-electron chi connectivity index (χ3n) is 1.69. The van der Waals surface area contributed by atoms with Crippen molar-refractivity contribution in [3.05, 3.63) is 17.7 Å². The summed E-state index contributed by atoms with van der Waals surface area (Å²) in [6.07, 6.45) is 0. The lowest BCUT2D eigenvalue weighted by Crippen LogP contribution is -2.05. The zero-order chi connectivity index (χ0) is 13.2. The molecule has 0 aliphatic rings. The maximum absolute atomic E-state index is 12.0. The lowest BCUT2D eigenvalue weighted by Gasteiger charge is -2.09. The van der Waals surface area contributed by atoms with Crippen LogP contribution in [-0.2, 0) is 9.05 Å². The van der Waals surface area contributed by atoms with Crippen LogP contribution < -0.4 is 4.74 Å². The first-order valence-electron chi connectivity index (χ1n) is 3.93. The van der Waals surface area contributed by atoms with Crippen LogP contribution in [0.3, 0.4) is 0 Å². The van der Waals surface area contributed by atoms with Crippen LogP contribution in [0, 0.1) is 11.3 Å². The van der Waals surface area contributed by atoms with E-state index in [9.17, 15) is 17.2 Å². The standard InChI is InChI=1S/C8H4ClF2NO3S2/c9-17(13,14)6-2-1-5(15-8(10)11)4(3-12)7(6)16/h1-2,8,16H. The summed E-state index contributed by atoms with van der Waals surface area (Å²) in [4.78, 5) is -0.777. The fourth-order valence-electron chi connectivity index (χ4n) is 1.05. The van der Waals surface area contributed by atoms with Crippen molar-refractivity contribution < 1.29 is 21.9 Å². The van der Waals surface area contributed by atoms with Crippen molar-refractivity contribution in [2.45, 2.75) is 16.4 Å². The first kappa shape index (κ1) is 14.0. The van der Waals surface area contributed by atoms with Gasteiger partial charge in [-0.2, -0.15) is 14.0 Å². The second kappa shape index (κ2) is 5.08. The number of benzene rings is 1. The zero-order valence-electron chi connectivity index (χ0n) is 7.89. The van der Waals surface area contributed by atoms with Gasteiger partial charge < -0.3 is 4.74 Å². The topological polar surface area (TPSA) is 67.2 Å². The van der Waals surface area contributed by atoms with E-state index in [1.54, 1.807) is 0 Å². The van der Waals surface area contributed by atoms with Gasteiger partial charge in [0.1, 0.15) is 17.4 Å². The quantitative estimate of drug-likeness (QED) is 0.687. The SMILES string of the molecule is N#Cc1c(OC(F)F)ccc(S(=O)(=O)Cl)c1S. The normalized spacial score (nSPS) is 11.3. The second-order valence-electron chi connectivity index (χ2n) is 2.71. The molecule has 1 rings (SSSR count). The molecule has 0 fully saturated rings. The molecule has 1 aromatic carbocycles. The van der Waals surface area contributed by atoms with Gasteiger partial charge in [-0.15, -0.1) is 12.6 Å². The molecule has 9 heteroatoms. The molecule has 0 atom stereocenters. The van der Waals surface area contributed by atoms with Crippen molar-refractivity contribution in [1.29, 1.82) is 5.26 Å². The van der Waals surface area contributed by atoms with Gasteiger partial charge in [-0.05, 0) is 12.1 Å². The molecule has 0 aliphatic carbocycles. The molecule has 1 aromatic rings. The summed E-state index contributed by atoms with van der Waals surface area (Å²) in [5.41, 5.74) is -0.421. The van der Waals surface area contributed by atoms with Gasteiger partial charge in [-0.3, -0.25) is 0 Å². The van der Waals surface area contributed by atoms with E-state index in [0.29, 0.717) is 0 Å². The Morgan fingerprint density at radius 2 is 2.06 bits per heavy atom. The zero-order valence-corrected chi connectivity index (χ0v) is 10.4. The molecule has 0 radical (unpaired) electrons. The number of ether oxygens (including phenoxy) is 1. The second-order valence-corrected chi connectivity index (χ2v) is 5.70. The molecule has 0 heterocycles. The van der Waals surface area contributed by atoms with Crippen molar-refractivity contribution in [3.8, 4) is 11.8 Å². The van der Waals surface area contributed by atoms with Crippen LogP contribution in [0.15, 0.2) is 21.9 Å². The monoisotopic (exact) mass is 299 g/mol. The Morgan fingerprint density at radius 1 is 1.47 bits per heavy atom. The molecule has 17 heavy (non-hydrogen) atoms. The van der Waals surface area contributed by atoms with Crippen LogP contribution in [0.5, 0.6) is 5.75 Å². The molecule has 0 saturated heterocycles. The van der Waals surface area contributed by atoms with Crippen LogP contribution in [0.2, 0.25) is 0 Å². The van der Waals surface area contributed by atoms with Crippen molar-refractivity contribution in [3.63, 3.8) is 0 Å². The van der Waals surface area contributed by atoms with Gasteiger partial charge >= 0.3 is 6.61 Å². The van der Waals surface area contributed by atoms with E-state index < -0.39 is 31.9 Å². The largest absolute Gasteiger partial charge is 0.433 e. The summed E-state index contributed by atoms with van der Waals surface area (Å²) in [7, 11) is 0.966. The first-order chi connectivity index (χ1) is 7.77. The number of hydrogen-bond donors (Lipinski definition) is 1. The van der Waals surface area contributed by atoms with Gasteiger partial charge in [0, 0.05) is 15.6 Å². The van der Waals surface area contributed by atoms with Crippen molar-refractivity contribution in [1.82, 2.24) is 0 Å². The molecule has 0 aromatic heterocycles. The number of halogens is 3. The van der Waals surface area contributed by atoms with E-state index in [4.69, 9.17) is 15.9 Å². The number of alkyl halides is 2. The van der Waals surface area contributed by atoms with E-state index in [-0.39, 0.29) is 4.90 Å². The van der Waals surface area contributed by atoms with Gasteiger partial charge in [0.15, 0.2) is 0 Å². The minimum atomic E-state index is -4.11. The van der Waals surface area contributed by atoms with Gasteiger partial charge in [-0.25, -0.2) is 8.42 Å². The highest BCUT2D eigenvalue weighted by molar-refractivity contribution is 8.14. The Hall–Kier alpha value is -1.04. The minimum Gasteiger partial charge on any atom is -0.433 e. The molecular formula is C8H4ClF2NO3S2. The highest BCUT2D eigenvalue weighted by Crippen LogP contribution is 2.32. The molecule has 0 bridgehead atoms. The number of rotatable bonds is 3. The number of nitriles is 1. The van der Waals surface area contributed by atoms with Gasteiger partial charge in [-0.1, -0.05) is 0 Å². The van der Waals surface area contributed by atoms with Gasteiger partial charge in [0.25, 0.3) is 9.05 Å². The van der Waals surface area contributed by atoms with Crippen LogP contribution in [0.1, 0.15) is 5.56 Å². The van der Waals surface area contributed by atoms with Crippen molar-refractivity contribution in [2.24, 2.45) is 0 Å². The minimum absolute atomic E-state index is 0.333. The Balaban J connectivity index is 3.44. The summed E-state index contributed by atoms with van der Waals surface area (Å²) >= 11 is 3.77. The number of thiol groups is 1. The molecule has 0 spiro atoms. The highest BCUT2D eigenvalue weighted by atomic mass is 35.7. The van der Waals surface area contributed by atoms with E-state index >= 15 is 0 Å². The van der Waals surface area contributed by atoms with Crippen LogP contribution >= 0.6 is 23.3 Å². The third kappa shape index (κ3) is 3.21. The molecule has 0 aliphatic heterocycles. The Morgan fingerprint density at radius 3 is 2.47 bits per heavy atom. The Kier molecular flexibility index (Phi) is 4.19. The fourth-order valence-corrected chi connectivity index (χ4v) is 2.76. The lowest BCUT2D eigenvalue weighted by atomic mass is 10.2. The van der Waals surface area contributed by atoms with E-state index in [0.717, 1.165) is 12.1 Å². The first-order valence-corrected chi connectivity index (χ1v) is 6.68. The van der Waals surface area contributed by atoms with Crippen LogP contribution in [0.25, 0.3) is 0 Å². The number of nitrogens with zero attached hydrogens (tertiary/aromatic N) is 1. The molecule has 0 unspecified atom stereocenters. The average Bonchev–Trinajstić information content (AvgIpc) is 2.15. The molecular weight excluding hydrogens is 296 g/mol. The van der Waals surface area contributed by atoms with E-state index in [2.05, 4.69) is 17.4 Å². The predicted octanol–water partition coefficient (Wildman–Crippen LogP) is 2.38.